The molecule has 1 fully saturated rings. The molecule has 4 rings (SSSR count). The summed E-state index contributed by atoms with van der Waals surface area (Å²) in [4.78, 5) is 44.0. The quantitative estimate of drug-likeness (QED) is 0.572. The molecule has 1 saturated heterocycles. The number of rotatable bonds is 7. The molecule has 1 atom stereocenters. The van der Waals surface area contributed by atoms with Gasteiger partial charge in [0.15, 0.2) is 0 Å². The maximum absolute atomic E-state index is 13.5. The predicted molar refractivity (Wildman–Crippen MR) is 126 cm³/mol. The van der Waals surface area contributed by atoms with E-state index in [2.05, 4.69) is 0 Å². The molecule has 8 heteroatoms. The van der Waals surface area contributed by atoms with E-state index in [0.29, 0.717) is 36.5 Å². The van der Waals surface area contributed by atoms with Crippen molar-refractivity contribution in [2.45, 2.75) is 42.6 Å². The Bertz CT molecular complexity index is 1050. The molecule has 0 unspecified atom stereocenters. The van der Waals surface area contributed by atoms with Gasteiger partial charge >= 0.3 is 5.97 Å². The van der Waals surface area contributed by atoms with Crippen LogP contribution in [0.15, 0.2) is 52.3 Å². The van der Waals surface area contributed by atoms with Crippen LogP contribution in [0.25, 0.3) is 0 Å². The third kappa shape index (κ3) is 5.07. The minimum Gasteiger partial charge on any atom is -0.459 e. The van der Waals surface area contributed by atoms with E-state index >= 15 is 0 Å². The second-order valence-electron chi connectivity index (χ2n) is 7.97. The fraction of sp³-hybridized carbons (Fsp3) is 0.400. The molecule has 0 saturated carbocycles. The Morgan fingerprint density at radius 2 is 1.94 bits per heavy atom. The molecular weight excluding hydrogens is 440 g/mol. The number of nitrogens with zero attached hydrogens (tertiary/aromatic N) is 2. The van der Waals surface area contributed by atoms with E-state index in [-0.39, 0.29) is 31.1 Å². The molecular formula is C25H28N2O5S. The Kier molecular flexibility index (Phi) is 7.35. The normalized spacial score (nSPS) is 17.2. The van der Waals surface area contributed by atoms with Gasteiger partial charge in [0, 0.05) is 29.5 Å². The summed E-state index contributed by atoms with van der Waals surface area (Å²) in [6, 6.07) is 12.5. The summed E-state index contributed by atoms with van der Waals surface area (Å²) in [5, 5.41) is 0. The van der Waals surface area contributed by atoms with E-state index in [1.807, 2.05) is 38.1 Å². The van der Waals surface area contributed by atoms with Gasteiger partial charge in [0.1, 0.15) is 13.2 Å². The lowest BCUT2D eigenvalue weighted by molar-refractivity contribution is -0.129. The number of fused-ring (bicyclic) bond motifs is 2. The number of benzene rings is 2. The highest BCUT2D eigenvalue weighted by Crippen LogP contribution is 2.41. The van der Waals surface area contributed by atoms with E-state index in [4.69, 9.17) is 9.47 Å². The van der Waals surface area contributed by atoms with Crippen molar-refractivity contribution in [2.75, 3.05) is 37.7 Å². The average Bonchev–Trinajstić information content (AvgIpc) is 3.32. The number of carbonyl (C=O) groups is 3. The first-order valence-electron chi connectivity index (χ1n) is 11.3. The van der Waals surface area contributed by atoms with Crippen LogP contribution in [0.1, 0.15) is 47.4 Å². The third-order valence-electron chi connectivity index (χ3n) is 5.90. The largest absolute Gasteiger partial charge is 0.459 e. The molecule has 0 N–H and O–H groups in total. The lowest BCUT2D eigenvalue weighted by atomic mass is 10.1. The summed E-state index contributed by atoms with van der Waals surface area (Å²) in [7, 11) is 0. The summed E-state index contributed by atoms with van der Waals surface area (Å²) in [5.41, 5.74) is 1.41. The number of ether oxygens (including phenoxy) is 2. The Morgan fingerprint density at radius 1 is 1.15 bits per heavy atom. The first-order valence-corrected chi connectivity index (χ1v) is 12.1. The molecule has 7 nitrogen and oxygen atoms in total. The smallest absolute Gasteiger partial charge is 0.338 e. The Morgan fingerprint density at radius 3 is 2.67 bits per heavy atom. The molecule has 2 aromatic carbocycles. The molecule has 2 aromatic rings. The van der Waals surface area contributed by atoms with Crippen LogP contribution >= 0.6 is 11.8 Å². The SMILES string of the molecule is CCN(CC)C(=O)CN1C(=O)c2ccccc2Sc2ccc(C(=O)OC[C@H]3CCCO3)cc21. The molecule has 0 spiro atoms. The molecule has 2 amide bonds. The third-order valence-corrected chi connectivity index (χ3v) is 7.04. The molecule has 174 valence electrons. The summed E-state index contributed by atoms with van der Waals surface area (Å²) in [6.07, 6.45) is 1.78. The fourth-order valence-electron chi connectivity index (χ4n) is 4.04. The van der Waals surface area contributed by atoms with Crippen LogP contribution < -0.4 is 4.90 Å². The fourth-order valence-corrected chi connectivity index (χ4v) is 5.10. The second-order valence-corrected chi connectivity index (χ2v) is 9.06. The predicted octanol–water partition coefficient (Wildman–Crippen LogP) is 4.00. The highest BCUT2D eigenvalue weighted by Gasteiger charge is 2.30. The molecule has 2 aliphatic heterocycles. The molecule has 0 aliphatic carbocycles. The van der Waals surface area contributed by atoms with Crippen LogP contribution in [-0.4, -0.2) is 61.6 Å². The summed E-state index contributed by atoms with van der Waals surface area (Å²) in [5.74, 6) is -0.875. The van der Waals surface area contributed by atoms with Crippen LogP contribution in [0, 0.1) is 0 Å². The minimum atomic E-state index is -0.470. The van der Waals surface area contributed by atoms with Crippen molar-refractivity contribution in [1.82, 2.24) is 4.90 Å². The summed E-state index contributed by atoms with van der Waals surface area (Å²) >= 11 is 1.45. The van der Waals surface area contributed by atoms with Crippen LogP contribution in [0.4, 0.5) is 5.69 Å². The van der Waals surface area contributed by atoms with Gasteiger partial charge in [0.05, 0.1) is 22.9 Å². The zero-order valence-corrected chi connectivity index (χ0v) is 19.7. The molecule has 0 bridgehead atoms. The minimum absolute atomic E-state index is 0.0652. The number of anilines is 1. The van der Waals surface area contributed by atoms with Crippen LogP contribution in [-0.2, 0) is 14.3 Å². The first kappa shape index (κ1) is 23.3. The maximum Gasteiger partial charge on any atom is 0.338 e. The topological polar surface area (TPSA) is 76.2 Å². The summed E-state index contributed by atoms with van der Waals surface area (Å²) in [6.45, 7) is 5.74. The van der Waals surface area contributed by atoms with Gasteiger partial charge in [-0.25, -0.2) is 4.79 Å². The molecule has 2 heterocycles. The molecule has 2 aliphatic rings. The number of hydrogen-bond acceptors (Lipinski definition) is 6. The van der Waals surface area contributed by atoms with Crippen LogP contribution in [0.3, 0.4) is 0 Å². The van der Waals surface area contributed by atoms with Gasteiger partial charge in [0.25, 0.3) is 5.91 Å². The zero-order chi connectivity index (χ0) is 23.4. The van der Waals surface area contributed by atoms with Gasteiger partial charge in [-0.3, -0.25) is 14.5 Å². The summed E-state index contributed by atoms with van der Waals surface area (Å²) < 4.78 is 11.0. The number of esters is 1. The number of carbonyl (C=O) groups excluding carboxylic acids is 3. The molecule has 0 aromatic heterocycles. The Balaban J connectivity index is 1.66. The Hall–Kier alpha value is -2.84. The van der Waals surface area contributed by atoms with E-state index < -0.39 is 5.97 Å². The van der Waals surface area contributed by atoms with Gasteiger partial charge in [-0.15, -0.1) is 0 Å². The van der Waals surface area contributed by atoms with Crippen molar-refractivity contribution in [3.8, 4) is 0 Å². The van der Waals surface area contributed by atoms with E-state index in [1.165, 1.54) is 16.7 Å². The number of amides is 2. The second kappa shape index (κ2) is 10.4. The highest BCUT2D eigenvalue weighted by molar-refractivity contribution is 7.99. The van der Waals surface area contributed by atoms with Crippen molar-refractivity contribution in [3.05, 3.63) is 53.6 Å². The first-order chi connectivity index (χ1) is 16.0. The molecule has 33 heavy (non-hydrogen) atoms. The number of hydrogen-bond donors (Lipinski definition) is 0. The van der Waals surface area contributed by atoms with Gasteiger partial charge < -0.3 is 14.4 Å². The monoisotopic (exact) mass is 468 g/mol. The van der Waals surface area contributed by atoms with Gasteiger partial charge in [-0.2, -0.15) is 0 Å². The number of likely N-dealkylation sites (N-methyl/N-ethyl adjacent to an activating group) is 1. The van der Waals surface area contributed by atoms with Crippen LogP contribution in [0.2, 0.25) is 0 Å². The van der Waals surface area contributed by atoms with Crippen molar-refractivity contribution in [3.63, 3.8) is 0 Å². The Labute approximate surface area is 198 Å². The van der Waals surface area contributed by atoms with Gasteiger partial charge in [-0.1, -0.05) is 23.9 Å². The van der Waals surface area contributed by atoms with Gasteiger partial charge in [-0.05, 0) is 57.0 Å². The highest BCUT2D eigenvalue weighted by atomic mass is 32.2. The van der Waals surface area contributed by atoms with E-state index in [1.54, 1.807) is 23.1 Å². The molecule has 0 radical (unpaired) electrons. The maximum atomic E-state index is 13.5. The lowest BCUT2D eigenvalue weighted by Crippen LogP contribution is -2.43. The van der Waals surface area contributed by atoms with Crippen molar-refractivity contribution in [2.24, 2.45) is 0 Å². The van der Waals surface area contributed by atoms with Crippen molar-refractivity contribution < 1.29 is 23.9 Å². The van der Waals surface area contributed by atoms with Crippen molar-refractivity contribution >= 4 is 35.2 Å². The van der Waals surface area contributed by atoms with E-state index in [9.17, 15) is 14.4 Å². The van der Waals surface area contributed by atoms with Crippen LogP contribution in [0.5, 0.6) is 0 Å². The van der Waals surface area contributed by atoms with Gasteiger partial charge in [0.2, 0.25) is 5.91 Å². The lowest BCUT2D eigenvalue weighted by Gasteiger charge is -2.26. The van der Waals surface area contributed by atoms with E-state index in [0.717, 1.165) is 22.6 Å². The standard InChI is InChI=1S/C25H28N2O5S/c1-3-26(4-2)23(28)15-27-20-14-17(25(30)32-16-18-8-7-13-31-18)11-12-22(20)33-21-10-6-5-9-19(21)24(27)29/h5-6,9-12,14,18H,3-4,7-8,13,15-16H2,1-2H3/t18-/m1/s1. The average molecular weight is 469 g/mol. The van der Waals surface area contributed by atoms with Crippen molar-refractivity contribution in [1.29, 1.82) is 0 Å². The zero-order valence-electron chi connectivity index (χ0n) is 18.9.